The molecule has 8 heteroatoms. The summed E-state index contributed by atoms with van der Waals surface area (Å²) < 4.78 is 0. The summed E-state index contributed by atoms with van der Waals surface area (Å²) in [4.78, 5) is 35.8. The van der Waals surface area contributed by atoms with Crippen LogP contribution in [0.3, 0.4) is 0 Å². The zero-order valence-corrected chi connectivity index (χ0v) is 27.7. The van der Waals surface area contributed by atoms with Crippen molar-refractivity contribution in [2.75, 3.05) is 12.3 Å². The van der Waals surface area contributed by atoms with Crippen molar-refractivity contribution in [3.05, 3.63) is 72.9 Å². The Balaban J connectivity index is 2.05. The molecule has 6 nitrogen and oxygen atoms in total. The molecule has 1 aliphatic heterocycles. The van der Waals surface area contributed by atoms with Crippen LogP contribution >= 0.6 is 21.6 Å². The molecular formula is C35H54N2O4S2. The van der Waals surface area contributed by atoms with Crippen LogP contribution in [0.1, 0.15) is 103 Å². The van der Waals surface area contributed by atoms with E-state index in [0.717, 1.165) is 56.6 Å². The minimum absolute atomic E-state index is 0.0146. The lowest BCUT2D eigenvalue weighted by Gasteiger charge is -2.14. The van der Waals surface area contributed by atoms with E-state index in [1.54, 1.807) is 0 Å². The maximum Gasteiger partial charge on any atom is 0.326 e. The van der Waals surface area contributed by atoms with Gasteiger partial charge in [0.15, 0.2) is 0 Å². The third kappa shape index (κ3) is 24.7. The lowest BCUT2D eigenvalue weighted by atomic mass is 10.1. The lowest BCUT2D eigenvalue weighted by molar-refractivity contribution is -0.142. The number of hydrogen-bond donors (Lipinski definition) is 3. The summed E-state index contributed by atoms with van der Waals surface area (Å²) in [6.45, 7) is 2.57. The molecule has 0 aromatic carbocycles. The van der Waals surface area contributed by atoms with Crippen LogP contribution in [0.15, 0.2) is 72.9 Å². The summed E-state index contributed by atoms with van der Waals surface area (Å²) in [5, 5.41) is 15.7. The van der Waals surface area contributed by atoms with E-state index in [1.807, 2.05) is 33.7 Å². The number of nitrogens with one attached hydrogen (secondary N) is 2. The van der Waals surface area contributed by atoms with Gasteiger partial charge in [-0.25, -0.2) is 4.79 Å². The summed E-state index contributed by atoms with van der Waals surface area (Å²) in [6.07, 6.45) is 37.9. The van der Waals surface area contributed by atoms with Crippen LogP contribution in [0.25, 0.3) is 0 Å². The fourth-order valence-corrected chi connectivity index (χ4v) is 7.25. The Labute approximate surface area is 268 Å². The highest BCUT2D eigenvalue weighted by molar-refractivity contribution is 8.77. The maximum absolute atomic E-state index is 12.2. The number of carbonyl (C=O) groups is 3. The molecule has 0 unspecified atom stereocenters. The monoisotopic (exact) mass is 630 g/mol. The smallest absolute Gasteiger partial charge is 0.326 e. The topological polar surface area (TPSA) is 95.5 Å². The molecule has 2 amide bonds. The van der Waals surface area contributed by atoms with Crippen molar-refractivity contribution in [2.45, 2.75) is 115 Å². The highest BCUT2D eigenvalue weighted by atomic mass is 33.1. The lowest BCUT2D eigenvalue weighted by Crippen LogP contribution is -2.41. The van der Waals surface area contributed by atoms with E-state index in [4.69, 9.17) is 0 Å². The van der Waals surface area contributed by atoms with Crippen LogP contribution < -0.4 is 10.6 Å². The summed E-state index contributed by atoms with van der Waals surface area (Å²) in [5.41, 5.74) is 0. The van der Waals surface area contributed by atoms with Crippen molar-refractivity contribution in [2.24, 2.45) is 0 Å². The predicted octanol–water partition coefficient (Wildman–Crippen LogP) is 8.64. The van der Waals surface area contributed by atoms with E-state index >= 15 is 0 Å². The summed E-state index contributed by atoms with van der Waals surface area (Å²) in [7, 11) is 3.91. The largest absolute Gasteiger partial charge is 0.480 e. The van der Waals surface area contributed by atoms with Gasteiger partial charge in [0.05, 0.1) is 0 Å². The van der Waals surface area contributed by atoms with E-state index < -0.39 is 12.0 Å². The van der Waals surface area contributed by atoms with E-state index in [9.17, 15) is 19.5 Å². The molecule has 1 fully saturated rings. The molecule has 0 aromatic heterocycles. The Morgan fingerprint density at radius 3 is 1.88 bits per heavy atom. The van der Waals surface area contributed by atoms with E-state index in [-0.39, 0.29) is 24.7 Å². The fourth-order valence-electron chi connectivity index (χ4n) is 4.22. The second-order valence-electron chi connectivity index (χ2n) is 10.5. The Bertz CT molecular complexity index is 934. The molecule has 43 heavy (non-hydrogen) atoms. The third-order valence-corrected chi connectivity index (χ3v) is 9.67. The number of carboxylic acid groups (broad SMARTS) is 1. The van der Waals surface area contributed by atoms with Gasteiger partial charge in [0.1, 0.15) is 6.04 Å². The van der Waals surface area contributed by atoms with Crippen LogP contribution in [0.2, 0.25) is 0 Å². The molecule has 0 saturated carbocycles. The van der Waals surface area contributed by atoms with E-state index in [0.29, 0.717) is 25.8 Å². The summed E-state index contributed by atoms with van der Waals surface area (Å²) in [6, 6.07) is -0.934. The zero-order chi connectivity index (χ0) is 31.2. The van der Waals surface area contributed by atoms with E-state index in [2.05, 4.69) is 78.3 Å². The number of aliphatic carboxylic acids is 1. The normalized spacial score (nSPS) is 16.5. The van der Waals surface area contributed by atoms with Crippen molar-refractivity contribution in [1.82, 2.24) is 10.6 Å². The van der Waals surface area contributed by atoms with Crippen molar-refractivity contribution < 1.29 is 19.5 Å². The summed E-state index contributed by atoms with van der Waals surface area (Å²) >= 11 is 0. The number of carbonyl (C=O) groups excluding carboxylic acids is 2. The van der Waals surface area contributed by atoms with E-state index in [1.165, 1.54) is 18.6 Å². The molecule has 1 saturated heterocycles. The minimum atomic E-state index is -1.04. The molecule has 0 spiro atoms. The second-order valence-corrected chi connectivity index (χ2v) is 13.3. The first-order valence-corrected chi connectivity index (χ1v) is 18.4. The average Bonchev–Trinajstić information content (AvgIpc) is 3.51. The van der Waals surface area contributed by atoms with Crippen molar-refractivity contribution in [3.8, 4) is 0 Å². The first-order chi connectivity index (χ1) is 21.0. The first-order valence-electron chi connectivity index (χ1n) is 16.0. The Morgan fingerprint density at radius 2 is 1.35 bits per heavy atom. The van der Waals surface area contributed by atoms with Gasteiger partial charge in [0.2, 0.25) is 11.8 Å². The highest BCUT2D eigenvalue weighted by Gasteiger charge is 2.19. The number of unbranched alkanes of at least 4 members (excludes halogenated alkanes) is 1. The molecule has 0 bridgehead atoms. The number of hydrogen-bond acceptors (Lipinski definition) is 5. The molecule has 0 aliphatic carbocycles. The Morgan fingerprint density at radius 1 is 0.767 bits per heavy atom. The SMILES string of the molecule is CCC=CCC=CCC=CCC=CCC=CCC=CCCC(=O)N[C@@H](CCCNC(=O)CCCC[C@@H]1CCSS1)C(=O)O. The van der Waals surface area contributed by atoms with Gasteiger partial charge >= 0.3 is 5.97 Å². The standard InChI is InChI=1S/C35H54N2O4S2/c1-2-3-4-5-6-7-8-9-10-11-12-13-14-15-16-17-18-19-20-27-34(39)37-32(35(40)41)25-23-29-36-33(38)26-22-21-24-31-28-30-42-43-31/h3-4,6-7,9-10,12-13,15-16,18-19,31-32H,2,5,8,11,14,17,20-30H2,1H3,(H,36,38)(H,37,39)(H,40,41)/t31-,32+/m1/s1. The zero-order valence-electron chi connectivity index (χ0n) is 26.1. The van der Waals surface area contributed by atoms with Gasteiger partial charge in [-0.3, -0.25) is 9.59 Å². The molecule has 240 valence electrons. The van der Waals surface area contributed by atoms with Crippen molar-refractivity contribution in [1.29, 1.82) is 0 Å². The second kappa shape index (κ2) is 28.3. The van der Waals surface area contributed by atoms with Gasteiger partial charge in [0, 0.05) is 30.4 Å². The molecule has 1 rings (SSSR count). The molecule has 3 N–H and O–H groups in total. The van der Waals surface area contributed by atoms with Crippen molar-refractivity contribution >= 4 is 39.4 Å². The number of allylic oxidation sites excluding steroid dienone is 12. The van der Waals surface area contributed by atoms with Crippen LogP contribution in [-0.4, -0.2) is 46.5 Å². The van der Waals surface area contributed by atoms with Gasteiger partial charge < -0.3 is 15.7 Å². The van der Waals surface area contributed by atoms with Gasteiger partial charge in [-0.1, -0.05) is 108 Å². The predicted molar refractivity (Wildman–Crippen MR) is 186 cm³/mol. The third-order valence-electron chi connectivity index (χ3n) is 6.67. The molecule has 1 aliphatic rings. The van der Waals surface area contributed by atoms with Crippen molar-refractivity contribution in [3.63, 3.8) is 0 Å². The van der Waals surface area contributed by atoms with Gasteiger partial charge in [-0.05, 0) is 77.0 Å². The molecule has 2 atom stereocenters. The number of rotatable bonds is 25. The maximum atomic E-state index is 12.2. The fraction of sp³-hybridized carbons (Fsp3) is 0.571. The number of amides is 2. The summed E-state index contributed by atoms with van der Waals surface area (Å²) in [5.74, 6) is -0.0658. The minimum Gasteiger partial charge on any atom is -0.480 e. The quantitative estimate of drug-likeness (QED) is 0.0531. The molecular weight excluding hydrogens is 577 g/mol. The Kier molecular flexibility index (Phi) is 25.4. The highest BCUT2D eigenvalue weighted by Crippen LogP contribution is 2.39. The molecule has 0 aromatic rings. The van der Waals surface area contributed by atoms with Crippen LogP contribution in [0.4, 0.5) is 0 Å². The van der Waals surface area contributed by atoms with Gasteiger partial charge in [-0.2, -0.15) is 0 Å². The molecule has 0 radical (unpaired) electrons. The Hall–Kier alpha value is -2.45. The van der Waals surface area contributed by atoms with Gasteiger partial charge in [0.25, 0.3) is 0 Å². The average molecular weight is 631 g/mol. The van der Waals surface area contributed by atoms with Crippen LogP contribution in [-0.2, 0) is 14.4 Å². The van der Waals surface area contributed by atoms with Crippen LogP contribution in [0, 0.1) is 0 Å². The first kappa shape index (κ1) is 38.6. The number of carboxylic acids is 1. The molecule has 1 heterocycles. The van der Waals surface area contributed by atoms with Gasteiger partial charge in [-0.15, -0.1) is 0 Å². The van der Waals surface area contributed by atoms with Crippen LogP contribution in [0.5, 0.6) is 0 Å².